The van der Waals surface area contributed by atoms with Gasteiger partial charge in [0.25, 0.3) is 5.91 Å². The number of ether oxygens (including phenoxy) is 1. The van der Waals surface area contributed by atoms with Gasteiger partial charge >= 0.3 is 0 Å². The molecule has 1 amide bonds. The van der Waals surface area contributed by atoms with Crippen molar-refractivity contribution >= 4 is 34.0 Å². The number of hydrogen-bond acceptors (Lipinski definition) is 6. The zero-order chi connectivity index (χ0) is 20.8. The molecule has 6 nitrogen and oxygen atoms in total. The van der Waals surface area contributed by atoms with Crippen LogP contribution in [0.25, 0.3) is 11.0 Å². The Morgan fingerprint density at radius 1 is 1.30 bits per heavy atom. The van der Waals surface area contributed by atoms with Crippen molar-refractivity contribution in [2.75, 3.05) is 13.2 Å². The third kappa shape index (κ3) is 3.05. The number of rotatable bonds is 5. The average Bonchev–Trinajstić information content (AvgIpc) is 3.52. The molecule has 0 bridgehead atoms. The minimum absolute atomic E-state index is 0.0719. The number of carbonyl (C=O) groups excluding carboxylic acids is 2. The van der Waals surface area contributed by atoms with Crippen LogP contribution >= 0.6 is 11.3 Å². The van der Waals surface area contributed by atoms with Gasteiger partial charge in [0, 0.05) is 23.4 Å². The second-order valence-corrected chi connectivity index (χ2v) is 8.65. The number of carbonyl (C=O) groups is 2. The van der Waals surface area contributed by atoms with Crippen molar-refractivity contribution in [2.45, 2.75) is 31.9 Å². The van der Waals surface area contributed by atoms with Gasteiger partial charge in [0.05, 0.1) is 11.7 Å². The fourth-order valence-electron chi connectivity index (χ4n) is 4.25. The zero-order valence-corrected chi connectivity index (χ0v) is 17.3. The number of aryl methyl sites for hydroxylation is 1. The van der Waals surface area contributed by atoms with Crippen LogP contribution in [0.5, 0.6) is 0 Å². The van der Waals surface area contributed by atoms with Gasteiger partial charge in [0.1, 0.15) is 11.6 Å². The molecule has 3 aromatic rings. The van der Waals surface area contributed by atoms with Crippen molar-refractivity contribution in [3.8, 4) is 0 Å². The molecule has 2 aromatic heterocycles. The van der Waals surface area contributed by atoms with Gasteiger partial charge in [-0.05, 0) is 48.9 Å². The molecule has 2 unspecified atom stereocenters. The van der Waals surface area contributed by atoms with Crippen LogP contribution in [0.4, 0.5) is 0 Å². The Bertz CT molecular complexity index is 1130. The highest BCUT2D eigenvalue weighted by Gasteiger charge is 2.46. The Kier molecular flexibility index (Phi) is 4.72. The summed E-state index contributed by atoms with van der Waals surface area (Å²) in [6, 6.07) is 10.3. The molecule has 2 aliphatic heterocycles. The van der Waals surface area contributed by atoms with Gasteiger partial charge in [0.15, 0.2) is 11.5 Å². The van der Waals surface area contributed by atoms with Crippen molar-refractivity contribution in [3.63, 3.8) is 0 Å². The first-order valence-electron chi connectivity index (χ1n) is 9.97. The molecular formula is C23H21NO5S. The lowest BCUT2D eigenvalue weighted by Crippen LogP contribution is -2.37. The summed E-state index contributed by atoms with van der Waals surface area (Å²) >= 11 is 1.47. The Morgan fingerprint density at radius 2 is 2.13 bits per heavy atom. The Labute approximate surface area is 177 Å². The summed E-state index contributed by atoms with van der Waals surface area (Å²) < 4.78 is 11.5. The van der Waals surface area contributed by atoms with Crippen molar-refractivity contribution in [1.29, 1.82) is 0 Å². The van der Waals surface area contributed by atoms with Crippen molar-refractivity contribution in [2.24, 2.45) is 0 Å². The zero-order valence-electron chi connectivity index (χ0n) is 16.5. The topological polar surface area (TPSA) is 80.0 Å². The first kappa shape index (κ1) is 19.1. The van der Waals surface area contributed by atoms with Crippen LogP contribution in [0.1, 0.15) is 39.9 Å². The maximum Gasteiger partial charge on any atom is 0.290 e. The third-order valence-corrected chi connectivity index (χ3v) is 6.84. The van der Waals surface area contributed by atoms with E-state index in [1.54, 1.807) is 17.0 Å². The van der Waals surface area contributed by atoms with E-state index in [1.807, 2.05) is 36.6 Å². The molecule has 7 heteroatoms. The Hall–Kier alpha value is -2.90. The summed E-state index contributed by atoms with van der Waals surface area (Å²) in [4.78, 5) is 28.9. The van der Waals surface area contributed by atoms with E-state index in [-0.39, 0.29) is 17.4 Å². The molecule has 0 radical (unpaired) electrons. The SMILES string of the molecule is Cc1ccsc1C1C(C(=O)c2cc3ccccc3o2)=C(O)C(=O)N1CC1CCCO1. The van der Waals surface area contributed by atoms with Crippen molar-refractivity contribution < 1.29 is 23.8 Å². The van der Waals surface area contributed by atoms with E-state index >= 15 is 0 Å². The van der Waals surface area contributed by atoms with E-state index in [0.717, 1.165) is 28.7 Å². The molecule has 4 heterocycles. The molecule has 1 saturated heterocycles. The van der Waals surface area contributed by atoms with E-state index in [4.69, 9.17) is 9.15 Å². The summed E-state index contributed by atoms with van der Waals surface area (Å²) in [5.41, 5.74) is 1.63. The summed E-state index contributed by atoms with van der Waals surface area (Å²) in [7, 11) is 0. The van der Waals surface area contributed by atoms with E-state index in [2.05, 4.69) is 0 Å². The number of aliphatic hydroxyl groups is 1. The van der Waals surface area contributed by atoms with Gasteiger partial charge in [-0.25, -0.2) is 0 Å². The standard InChI is InChI=1S/C23H21NO5S/c1-13-8-10-30-22(13)19-18(20(25)17-11-14-5-2-3-7-16(14)29-17)21(26)23(27)24(19)12-15-6-4-9-28-15/h2-3,5,7-8,10-11,15,19,26H,4,6,9,12H2,1H3. The molecule has 30 heavy (non-hydrogen) atoms. The summed E-state index contributed by atoms with van der Waals surface area (Å²) in [5.74, 6) is -1.40. The van der Waals surface area contributed by atoms with Crippen LogP contribution in [0.3, 0.4) is 0 Å². The van der Waals surface area contributed by atoms with Crippen molar-refractivity contribution in [1.82, 2.24) is 4.90 Å². The minimum atomic E-state index is -0.651. The number of thiophene rings is 1. The second-order valence-electron chi connectivity index (χ2n) is 7.70. The largest absolute Gasteiger partial charge is 0.503 e. The number of amides is 1. The number of fused-ring (bicyclic) bond motifs is 1. The number of ketones is 1. The average molecular weight is 423 g/mol. The van der Waals surface area contributed by atoms with Gasteiger partial charge in [-0.1, -0.05) is 18.2 Å². The predicted molar refractivity (Wildman–Crippen MR) is 113 cm³/mol. The highest BCUT2D eigenvalue weighted by molar-refractivity contribution is 7.10. The van der Waals surface area contributed by atoms with Crippen LogP contribution in [0.2, 0.25) is 0 Å². The molecule has 2 aliphatic rings. The second kappa shape index (κ2) is 7.41. The van der Waals surface area contributed by atoms with Crippen LogP contribution in [-0.2, 0) is 9.53 Å². The molecule has 0 spiro atoms. The van der Waals surface area contributed by atoms with Gasteiger partial charge in [-0.15, -0.1) is 11.3 Å². The molecule has 1 fully saturated rings. The van der Waals surface area contributed by atoms with Crippen LogP contribution < -0.4 is 0 Å². The number of aliphatic hydroxyl groups excluding tert-OH is 1. The highest BCUT2D eigenvalue weighted by Crippen LogP contribution is 2.43. The maximum atomic E-state index is 13.5. The van der Waals surface area contributed by atoms with Crippen LogP contribution in [-0.4, -0.2) is 41.0 Å². The first-order chi connectivity index (χ1) is 14.5. The highest BCUT2D eigenvalue weighted by atomic mass is 32.1. The quantitative estimate of drug-likeness (QED) is 0.609. The van der Waals surface area contributed by atoms with Gasteiger partial charge in [-0.3, -0.25) is 9.59 Å². The minimum Gasteiger partial charge on any atom is -0.503 e. The fourth-order valence-corrected chi connectivity index (χ4v) is 5.29. The molecule has 5 rings (SSSR count). The number of benzene rings is 1. The Balaban J connectivity index is 1.57. The van der Waals surface area contributed by atoms with Gasteiger partial charge in [0.2, 0.25) is 5.78 Å². The number of hydrogen-bond donors (Lipinski definition) is 1. The fraction of sp³-hybridized carbons (Fsp3) is 0.304. The molecule has 1 aromatic carbocycles. The maximum absolute atomic E-state index is 13.5. The normalized spacial score (nSPS) is 21.9. The van der Waals surface area contributed by atoms with E-state index in [0.29, 0.717) is 18.7 Å². The number of para-hydroxylation sites is 1. The lowest BCUT2D eigenvalue weighted by Gasteiger charge is -2.28. The summed E-state index contributed by atoms with van der Waals surface area (Å²) in [6.45, 7) is 2.95. The van der Waals surface area contributed by atoms with E-state index in [1.165, 1.54) is 11.3 Å². The Morgan fingerprint density at radius 3 is 2.83 bits per heavy atom. The monoisotopic (exact) mass is 423 g/mol. The molecule has 1 N–H and O–H groups in total. The molecule has 154 valence electrons. The molecule has 0 aliphatic carbocycles. The number of furan rings is 1. The van der Waals surface area contributed by atoms with Crippen molar-refractivity contribution in [3.05, 3.63) is 69.3 Å². The molecule has 0 saturated carbocycles. The first-order valence-corrected chi connectivity index (χ1v) is 10.9. The smallest absolute Gasteiger partial charge is 0.290 e. The lowest BCUT2D eigenvalue weighted by molar-refractivity contribution is -0.130. The predicted octanol–water partition coefficient (Wildman–Crippen LogP) is 4.56. The van der Waals surface area contributed by atoms with Gasteiger partial charge < -0.3 is 19.2 Å². The van der Waals surface area contributed by atoms with Gasteiger partial charge in [-0.2, -0.15) is 0 Å². The summed E-state index contributed by atoms with van der Waals surface area (Å²) in [5, 5.41) is 13.5. The van der Waals surface area contributed by atoms with Crippen LogP contribution in [0.15, 0.2) is 57.5 Å². The number of Topliss-reactive ketones (excluding diaryl/α,β-unsaturated/α-hetero) is 1. The van der Waals surface area contributed by atoms with E-state index < -0.39 is 23.5 Å². The van der Waals surface area contributed by atoms with E-state index in [9.17, 15) is 14.7 Å². The molecule has 2 atom stereocenters. The third-order valence-electron chi connectivity index (χ3n) is 5.77. The lowest BCUT2D eigenvalue weighted by atomic mass is 9.98. The molecular weight excluding hydrogens is 402 g/mol. The van der Waals surface area contributed by atoms with Crippen LogP contribution in [0, 0.1) is 6.92 Å². The number of nitrogens with zero attached hydrogens (tertiary/aromatic N) is 1. The summed E-state index contributed by atoms with van der Waals surface area (Å²) in [6.07, 6.45) is 1.71.